The van der Waals surface area contributed by atoms with Crippen LogP contribution in [-0.2, 0) is 16.0 Å². The quantitative estimate of drug-likeness (QED) is 0.598. The molecule has 3 aliphatic heterocycles. The highest BCUT2D eigenvalue weighted by atomic mass is 16.5. The number of ether oxygens (including phenoxy) is 1. The number of nitrogens with one attached hydrogen (secondary N) is 1. The Balaban J connectivity index is 1.31. The first-order valence-corrected chi connectivity index (χ1v) is 12.7. The van der Waals surface area contributed by atoms with E-state index >= 15 is 0 Å². The number of piperazine rings is 1. The average molecular weight is 508 g/mol. The Morgan fingerprint density at radius 3 is 2.41 bits per heavy atom. The van der Waals surface area contributed by atoms with Crippen LogP contribution in [0.2, 0.25) is 0 Å². The van der Waals surface area contributed by atoms with Crippen LogP contribution in [-0.4, -0.2) is 85.7 Å². The van der Waals surface area contributed by atoms with Gasteiger partial charge in [0.05, 0.1) is 17.5 Å². The van der Waals surface area contributed by atoms with E-state index in [2.05, 4.69) is 22.2 Å². The number of amides is 4. The number of fused-ring (bicyclic) bond motifs is 1. The van der Waals surface area contributed by atoms with Crippen molar-refractivity contribution < 1.29 is 24.2 Å². The number of likely N-dealkylation sites (N-methyl/N-ethyl adjacent to an activating group) is 2. The Bertz CT molecular complexity index is 1210. The molecule has 10 nitrogen and oxygen atoms in total. The van der Waals surface area contributed by atoms with E-state index < -0.39 is 12.2 Å². The molecule has 2 unspecified atom stereocenters. The summed E-state index contributed by atoms with van der Waals surface area (Å²) in [7, 11) is 3.68. The van der Waals surface area contributed by atoms with Crippen molar-refractivity contribution in [3.63, 3.8) is 0 Å². The summed E-state index contributed by atoms with van der Waals surface area (Å²) in [4.78, 5) is 44.5. The molecule has 3 heterocycles. The van der Waals surface area contributed by atoms with Gasteiger partial charge < -0.3 is 29.9 Å². The van der Waals surface area contributed by atoms with Gasteiger partial charge in [-0.3, -0.25) is 9.59 Å². The minimum absolute atomic E-state index is 0.0483. The maximum Gasteiger partial charge on any atom is 0.331 e. The van der Waals surface area contributed by atoms with E-state index in [9.17, 15) is 19.5 Å². The minimum atomic E-state index is -0.661. The summed E-state index contributed by atoms with van der Waals surface area (Å²) in [6.07, 6.45) is -0.0653. The van der Waals surface area contributed by atoms with Gasteiger partial charge in [0.15, 0.2) is 6.10 Å². The third-order valence-electron chi connectivity index (χ3n) is 7.26. The van der Waals surface area contributed by atoms with Gasteiger partial charge in [-0.25, -0.2) is 9.69 Å². The first kappa shape index (κ1) is 25.0. The lowest BCUT2D eigenvalue weighted by Crippen LogP contribution is -2.45. The van der Waals surface area contributed by atoms with Gasteiger partial charge in [0.25, 0.3) is 11.8 Å². The van der Waals surface area contributed by atoms with Crippen LogP contribution < -0.4 is 19.9 Å². The lowest BCUT2D eigenvalue weighted by atomic mass is 9.96. The smallest absolute Gasteiger partial charge is 0.331 e. The topological polar surface area (TPSA) is 106 Å². The van der Waals surface area contributed by atoms with E-state index in [0.29, 0.717) is 30.0 Å². The molecule has 2 N–H and O–H groups in total. The number of imide groups is 1. The first-order valence-electron chi connectivity index (χ1n) is 12.7. The molecule has 37 heavy (non-hydrogen) atoms. The number of aryl methyl sites for hydroxylation is 1. The van der Waals surface area contributed by atoms with Crippen molar-refractivity contribution in [2.24, 2.45) is 0 Å². The highest BCUT2D eigenvalue weighted by Crippen LogP contribution is 2.40. The molecule has 2 saturated heterocycles. The molecule has 0 saturated carbocycles. The maximum absolute atomic E-state index is 13.1. The third kappa shape index (κ3) is 4.99. The van der Waals surface area contributed by atoms with E-state index in [1.54, 1.807) is 38.2 Å². The molecule has 196 valence electrons. The lowest BCUT2D eigenvalue weighted by Gasteiger charge is -2.37. The number of aliphatic hydroxyl groups excluding tert-OH is 1. The molecular formula is C27H33N5O5. The van der Waals surface area contributed by atoms with Crippen LogP contribution in [0.1, 0.15) is 30.6 Å². The Labute approximate surface area is 216 Å². The Morgan fingerprint density at radius 1 is 1.08 bits per heavy atom. The SMILES string of the molecule is CC(O)c1cc2c(c(N3CCN(C)CC3)c1)OC(C(=O)Nc1ccc(N3C(=O)CN(C)C3=O)cc1)CC2. The summed E-state index contributed by atoms with van der Waals surface area (Å²) in [5, 5.41) is 13.2. The van der Waals surface area contributed by atoms with Crippen molar-refractivity contribution in [1.82, 2.24) is 9.80 Å². The van der Waals surface area contributed by atoms with Crippen molar-refractivity contribution >= 4 is 34.9 Å². The minimum Gasteiger partial charge on any atom is -0.478 e. The summed E-state index contributed by atoms with van der Waals surface area (Å²) in [5.41, 5.74) is 3.80. The van der Waals surface area contributed by atoms with Gasteiger partial charge in [-0.2, -0.15) is 0 Å². The zero-order valence-corrected chi connectivity index (χ0v) is 21.4. The van der Waals surface area contributed by atoms with Gasteiger partial charge in [0, 0.05) is 38.9 Å². The highest BCUT2D eigenvalue weighted by molar-refractivity contribution is 6.19. The van der Waals surface area contributed by atoms with Crippen molar-refractivity contribution in [3.8, 4) is 5.75 Å². The molecule has 2 aromatic rings. The largest absolute Gasteiger partial charge is 0.478 e. The van der Waals surface area contributed by atoms with Crippen LogP contribution in [0.5, 0.6) is 5.75 Å². The van der Waals surface area contributed by atoms with Crippen molar-refractivity contribution in [1.29, 1.82) is 0 Å². The van der Waals surface area contributed by atoms with E-state index in [-0.39, 0.29) is 24.4 Å². The molecule has 3 aliphatic rings. The predicted molar refractivity (Wildman–Crippen MR) is 140 cm³/mol. The molecule has 0 radical (unpaired) electrons. The first-order chi connectivity index (χ1) is 17.7. The monoisotopic (exact) mass is 507 g/mol. The predicted octanol–water partition coefficient (Wildman–Crippen LogP) is 2.22. The molecule has 4 amide bonds. The number of anilines is 3. The summed E-state index contributed by atoms with van der Waals surface area (Å²) in [5.74, 6) is 0.176. The molecule has 0 aromatic heterocycles. The number of aliphatic hydroxyl groups is 1. The molecule has 2 atom stereocenters. The fraction of sp³-hybridized carbons (Fsp3) is 0.444. The van der Waals surface area contributed by atoms with Crippen molar-refractivity contribution in [2.45, 2.75) is 32.0 Å². The number of carbonyl (C=O) groups is 3. The number of hydrogen-bond acceptors (Lipinski definition) is 7. The molecule has 2 fully saturated rings. The molecular weight excluding hydrogens is 474 g/mol. The third-order valence-corrected chi connectivity index (χ3v) is 7.26. The second kappa shape index (κ2) is 10.0. The second-order valence-electron chi connectivity index (χ2n) is 10.0. The number of hydrogen-bond donors (Lipinski definition) is 2. The van der Waals surface area contributed by atoms with Gasteiger partial charge in [0.2, 0.25) is 0 Å². The lowest BCUT2D eigenvalue weighted by molar-refractivity contribution is -0.123. The Morgan fingerprint density at radius 2 is 1.78 bits per heavy atom. The van der Waals surface area contributed by atoms with Crippen LogP contribution in [0.3, 0.4) is 0 Å². The van der Waals surface area contributed by atoms with Gasteiger partial charge in [-0.05, 0) is 74.3 Å². The van der Waals surface area contributed by atoms with Gasteiger partial charge >= 0.3 is 6.03 Å². The summed E-state index contributed by atoms with van der Waals surface area (Å²) in [6, 6.07) is 10.2. The maximum atomic E-state index is 13.1. The van der Waals surface area contributed by atoms with Gasteiger partial charge in [-0.15, -0.1) is 0 Å². The van der Waals surface area contributed by atoms with Crippen LogP contribution >= 0.6 is 0 Å². The number of nitrogens with zero attached hydrogens (tertiary/aromatic N) is 4. The Kier molecular flexibility index (Phi) is 6.78. The molecule has 10 heteroatoms. The summed E-state index contributed by atoms with van der Waals surface area (Å²) in [6.45, 7) is 5.35. The standard InChI is InChI=1S/C27H33N5O5/c1-17(33)19-14-18-4-9-23(37-25(18)22(15-19)31-12-10-29(2)11-13-31)26(35)28-20-5-7-21(8-6-20)32-24(34)16-30(3)27(32)36/h5-8,14-15,17,23,33H,4,9-13,16H2,1-3H3,(H,28,35). The number of carbonyl (C=O) groups excluding carboxylic acids is 3. The molecule has 0 aliphatic carbocycles. The van der Waals surface area contributed by atoms with Crippen LogP contribution in [0, 0.1) is 0 Å². The van der Waals surface area contributed by atoms with E-state index in [1.807, 2.05) is 12.1 Å². The fourth-order valence-electron chi connectivity index (χ4n) is 5.00. The van der Waals surface area contributed by atoms with Crippen molar-refractivity contribution in [2.75, 3.05) is 61.9 Å². The highest BCUT2D eigenvalue weighted by Gasteiger charge is 2.35. The van der Waals surface area contributed by atoms with Crippen molar-refractivity contribution in [3.05, 3.63) is 47.5 Å². The van der Waals surface area contributed by atoms with Crippen LogP contribution in [0.25, 0.3) is 0 Å². The fourth-order valence-corrected chi connectivity index (χ4v) is 5.00. The number of rotatable bonds is 5. The normalized spacial score (nSPS) is 21.1. The van der Waals surface area contributed by atoms with Gasteiger partial charge in [-0.1, -0.05) is 0 Å². The van der Waals surface area contributed by atoms with E-state index in [1.165, 1.54) is 4.90 Å². The molecule has 2 aromatic carbocycles. The molecule has 0 bridgehead atoms. The zero-order valence-electron chi connectivity index (χ0n) is 21.4. The second-order valence-corrected chi connectivity index (χ2v) is 10.0. The average Bonchev–Trinajstić information content (AvgIpc) is 3.14. The molecule has 0 spiro atoms. The van der Waals surface area contributed by atoms with E-state index in [4.69, 9.17) is 4.74 Å². The number of benzene rings is 2. The Hall–Kier alpha value is -3.63. The van der Waals surface area contributed by atoms with E-state index in [0.717, 1.165) is 47.9 Å². The van der Waals surface area contributed by atoms with Gasteiger partial charge in [0.1, 0.15) is 12.3 Å². The zero-order chi connectivity index (χ0) is 26.3. The van der Waals surface area contributed by atoms with Crippen LogP contribution in [0.15, 0.2) is 36.4 Å². The number of urea groups is 1. The van der Waals surface area contributed by atoms with Crippen LogP contribution in [0.4, 0.5) is 21.9 Å². The summed E-state index contributed by atoms with van der Waals surface area (Å²) < 4.78 is 6.30. The molecule has 5 rings (SSSR count). The summed E-state index contributed by atoms with van der Waals surface area (Å²) >= 11 is 0.